The van der Waals surface area contributed by atoms with Gasteiger partial charge in [-0.05, 0) is 134 Å². The highest BCUT2D eigenvalue weighted by atomic mass is 35.5. The molecule has 0 spiro atoms. The summed E-state index contributed by atoms with van der Waals surface area (Å²) in [5.74, 6) is -2.51. The van der Waals surface area contributed by atoms with E-state index in [1.54, 1.807) is 52.8 Å². The molecular weight excluding hydrogens is 941 g/mol. The highest BCUT2D eigenvalue weighted by molar-refractivity contribution is 7.80. The maximum atomic E-state index is 15.4. The number of halogens is 3. The number of benzene rings is 1. The first-order valence-corrected chi connectivity index (χ1v) is 26.0. The zero-order chi connectivity index (χ0) is 51.0. The Bertz CT molecular complexity index is 1680. The number of aliphatic hydroxyl groups excluding tert-OH is 1. The number of thiocarbonyl (C=S) groups is 1. The number of hydrogen-bond acceptors (Lipinski definition) is 13. The maximum Gasteiger partial charge on any atom is 0.311 e. The molecule has 2 aliphatic heterocycles. The molecule has 14 atom stereocenters. The summed E-state index contributed by atoms with van der Waals surface area (Å²) in [5.41, 5.74) is -0.709. The first-order chi connectivity index (χ1) is 31.9. The summed E-state index contributed by atoms with van der Waals surface area (Å²) in [4.78, 5) is 35.6. The van der Waals surface area contributed by atoms with E-state index in [1.807, 2.05) is 39.5 Å². The zero-order valence-corrected chi connectivity index (χ0v) is 45.2. The molecule has 2 fully saturated rings. The molecule has 1 aromatic carbocycles. The summed E-state index contributed by atoms with van der Waals surface area (Å²) in [6.45, 7) is 26.8. The smallest absolute Gasteiger partial charge is 0.311 e. The van der Waals surface area contributed by atoms with Crippen LogP contribution in [0.2, 0.25) is 10.0 Å². The topological polar surface area (TPSA) is 158 Å². The van der Waals surface area contributed by atoms with E-state index < -0.39 is 72.6 Å². The number of hydrogen-bond donors (Lipinski definition) is 3. The van der Waals surface area contributed by atoms with Gasteiger partial charge in [0.2, 0.25) is 0 Å². The molecular formula is C50H84Cl2FN3O11S. The van der Waals surface area contributed by atoms with Crippen molar-refractivity contribution in [2.24, 2.45) is 29.6 Å². The highest BCUT2D eigenvalue weighted by Gasteiger charge is 2.46. The van der Waals surface area contributed by atoms with Crippen molar-refractivity contribution in [1.82, 2.24) is 9.80 Å². The molecule has 6 unspecified atom stereocenters. The van der Waals surface area contributed by atoms with Crippen LogP contribution in [-0.2, 0) is 43.0 Å². The predicted molar refractivity (Wildman–Crippen MR) is 268 cm³/mol. The van der Waals surface area contributed by atoms with Gasteiger partial charge in [-0.3, -0.25) is 9.59 Å². The van der Waals surface area contributed by atoms with Crippen LogP contribution in [-0.4, -0.2) is 137 Å². The summed E-state index contributed by atoms with van der Waals surface area (Å²) in [5, 5.41) is 26.1. The van der Waals surface area contributed by atoms with E-state index in [4.69, 9.17) is 68.8 Å². The van der Waals surface area contributed by atoms with E-state index in [1.165, 1.54) is 0 Å². The number of ether oxygens (including phenoxy) is 6. The van der Waals surface area contributed by atoms with Gasteiger partial charge in [-0.15, -0.1) is 0 Å². The van der Waals surface area contributed by atoms with Crippen LogP contribution >= 0.6 is 35.4 Å². The standard InChI is InChI=1S/C50H84Cl2FN3O11S/c1-14-41(50(12,13)60)64-48(59)35(10)46(65-44-26-32(7)45(58)36(11)63-44)34(9)47(66-43-25-30(5)23-33(8)62-43)40(67-53)24-31(6)28-56(29(3)4)21-16-20-55(22-19-42(57)61-15-2)49(68)54-39-18-17-37(51)27-38(39)52/h17-18,27,29-36,40-41,43-47,58,60H,14-16,19-26,28H2,1-13H3,(H,54,68)/t30?,31-,32?,33?,34+,35?,36?,40+,41-,43?,44+,45-,46+,47-/m1/s1. The van der Waals surface area contributed by atoms with Crippen LogP contribution in [0.1, 0.15) is 135 Å². The molecule has 0 aromatic heterocycles. The monoisotopic (exact) mass is 1020 g/mol. The first kappa shape index (κ1) is 60.3. The Morgan fingerprint density at radius 1 is 0.971 bits per heavy atom. The number of nitrogens with zero attached hydrogens (tertiary/aromatic N) is 2. The van der Waals surface area contributed by atoms with Crippen molar-refractivity contribution >= 4 is 58.2 Å². The zero-order valence-electron chi connectivity index (χ0n) is 42.9. The van der Waals surface area contributed by atoms with Crippen LogP contribution in [0.25, 0.3) is 0 Å². The van der Waals surface area contributed by atoms with Gasteiger partial charge in [0, 0.05) is 56.0 Å². The average Bonchev–Trinajstić information content (AvgIpc) is 3.25. The summed E-state index contributed by atoms with van der Waals surface area (Å²) < 4.78 is 52.6. The lowest BCUT2D eigenvalue weighted by Gasteiger charge is -2.43. The fourth-order valence-electron chi connectivity index (χ4n) is 9.39. The fourth-order valence-corrected chi connectivity index (χ4v) is 10.1. The molecule has 3 rings (SSSR count). The minimum Gasteiger partial charge on any atom is -0.466 e. The Balaban J connectivity index is 1.89. The number of esters is 2. The third-order valence-corrected chi connectivity index (χ3v) is 14.2. The molecule has 0 aliphatic carbocycles. The molecule has 2 saturated heterocycles. The van der Waals surface area contributed by atoms with Crippen molar-refractivity contribution in [1.29, 1.82) is 0 Å². The quantitative estimate of drug-likeness (QED) is 0.0565. The number of nitrogens with one attached hydrogen (secondary N) is 1. The van der Waals surface area contributed by atoms with E-state index in [0.29, 0.717) is 72.7 Å². The third kappa shape index (κ3) is 19.2. The number of anilines is 1. The largest absolute Gasteiger partial charge is 0.466 e. The Labute approximate surface area is 421 Å². The number of aliphatic hydroxyl groups is 2. The van der Waals surface area contributed by atoms with Crippen molar-refractivity contribution in [3.05, 3.63) is 28.2 Å². The van der Waals surface area contributed by atoms with Crippen LogP contribution in [0.5, 0.6) is 0 Å². The molecule has 0 saturated carbocycles. The van der Waals surface area contributed by atoms with Gasteiger partial charge < -0.3 is 53.8 Å². The molecule has 18 heteroatoms. The van der Waals surface area contributed by atoms with Gasteiger partial charge in [-0.25, -0.2) is 0 Å². The molecule has 0 bridgehead atoms. The second kappa shape index (κ2) is 28.9. The van der Waals surface area contributed by atoms with Gasteiger partial charge in [0.05, 0.1) is 65.8 Å². The maximum absolute atomic E-state index is 15.4. The van der Waals surface area contributed by atoms with E-state index in [9.17, 15) is 19.8 Å². The van der Waals surface area contributed by atoms with Crippen molar-refractivity contribution in [2.45, 2.75) is 202 Å². The Kier molecular flexibility index (Phi) is 25.7. The molecule has 2 heterocycles. The van der Waals surface area contributed by atoms with E-state index in [0.717, 1.165) is 6.42 Å². The van der Waals surface area contributed by atoms with Crippen molar-refractivity contribution in [3.63, 3.8) is 0 Å². The van der Waals surface area contributed by atoms with Crippen molar-refractivity contribution < 1.29 is 57.7 Å². The lowest BCUT2D eigenvalue weighted by molar-refractivity contribution is -0.301. The van der Waals surface area contributed by atoms with Gasteiger partial charge in [-0.1, -0.05) is 57.8 Å². The van der Waals surface area contributed by atoms with Crippen LogP contribution in [0, 0.1) is 29.6 Å². The van der Waals surface area contributed by atoms with Crippen LogP contribution < -0.4 is 5.32 Å². The lowest BCUT2D eigenvalue weighted by Crippen LogP contribution is -2.52. The number of carbonyl (C=O) groups is 2. The van der Waals surface area contributed by atoms with E-state index >= 15 is 4.53 Å². The molecule has 392 valence electrons. The number of carbonyl (C=O) groups excluding carboxylic acids is 2. The summed E-state index contributed by atoms with van der Waals surface area (Å²) in [6.07, 6.45) is -3.35. The van der Waals surface area contributed by atoms with Gasteiger partial charge in [-0.2, -0.15) is 4.94 Å². The molecule has 68 heavy (non-hydrogen) atoms. The van der Waals surface area contributed by atoms with E-state index in [-0.39, 0.29) is 55.3 Å². The van der Waals surface area contributed by atoms with Crippen LogP contribution in [0.3, 0.4) is 0 Å². The lowest BCUT2D eigenvalue weighted by atomic mass is 9.84. The fraction of sp³-hybridized carbons (Fsp3) is 0.820. The van der Waals surface area contributed by atoms with Crippen LogP contribution in [0.15, 0.2) is 18.2 Å². The molecule has 2 aliphatic rings. The Morgan fingerprint density at radius 2 is 1.63 bits per heavy atom. The normalized spacial score (nSPS) is 25.5. The highest BCUT2D eigenvalue weighted by Crippen LogP contribution is 2.37. The van der Waals surface area contributed by atoms with Crippen LogP contribution in [0.4, 0.5) is 10.2 Å². The minimum absolute atomic E-state index is 0.0942. The van der Waals surface area contributed by atoms with Gasteiger partial charge in [0.25, 0.3) is 0 Å². The summed E-state index contributed by atoms with van der Waals surface area (Å²) in [6, 6.07) is 5.21. The minimum atomic E-state index is -1.30. The summed E-state index contributed by atoms with van der Waals surface area (Å²) >= 11 is 18.4. The first-order valence-electron chi connectivity index (χ1n) is 24.8. The second-order valence-electron chi connectivity index (χ2n) is 20.3. The third-order valence-electron chi connectivity index (χ3n) is 13.3. The second-order valence-corrected chi connectivity index (χ2v) is 21.5. The molecule has 3 N–H and O–H groups in total. The number of rotatable bonds is 27. The van der Waals surface area contributed by atoms with Gasteiger partial charge >= 0.3 is 11.9 Å². The van der Waals surface area contributed by atoms with E-state index in [2.05, 4.69) is 31.0 Å². The Morgan fingerprint density at radius 3 is 2.21 bits per heavy atom. The molecule has 0 radical (unpaired) electrons. The molecule has 0 amide bonds. The average molecular weight is 1030 g/mol. The van der Waals surface area contributed by atoms with Crippen molar-refractivity contribution in [2.75, 3.05) is 38.1 Å². The van der Waals surface area contributed by atoms with Gasteiger partial charge in [0.1, 0.15) is 12.2 Å². The SMILES string of the molecule is CCOC(=O)CCN(CCCN(C[C@H](C)C[C@H](OF)[C@H](OC1CC(C)CC(C)O1)[C@@H](C)[C@H](O[C@H]1CC(C)[C@@H](O)C(C)O1)C(C)C(=O)O[C@H](CC)C(C)(C)O)C(C)C)C(=S)Nc1ccc(Cl)cc1Cl. The molecule has 14 nitrogen and oxygen atoms in total. The molecule has 1 aromatic rings. The predicted octanol–water partition coefficient (Wildman–Crippen LogP) is 9.77. The van der Waals surface area contributed by atoms with Crippen molar-refractivity contribution in [3.8, 4) is 0 Å². The Hall–Kier alpha value is -1.96. The summed E-state index contributed by atoms with van der Waals surface area (Å²) in [7, 11) is 0. The van der Waals surface area contributed by atoms with Gasteiger partial charge in [0.15, 0.2) is 17.7 Å².